The maximum Gasteiger partial charge on any atom is 0.191 e. The van der Waals surface area contributed by atoms with E-state index in [1.165, 1.54) is 0 Å². The fourth-order valence-electron chi connectivity index (χ4n) is 2.99. The van der Waals surface area contributed by atoms with Crippen LogP contribution in [0, 0.1) is 0 Å². The van der Waals surface area contributed by atoms with E-state index in [4.69, 9.17) is 0 Å². The van der Waals surface area contributed by atoms with Gasteiger partial charge in [0.25, 0.3) is 0 Å². The minimum absolute atomic E-state index is 0.0633. The molecule has 3 N–H and O–H groups in total. The van der Waals surface area contributed by atoms with Crippen LogP contribution in [-0.4, -0.2) is 44.9 Å². The molecule has 160 valence electrons. The van der Waals surface area contributed by atoms with Gasteiger partial charge in [0.05, 0.1) is 17.2 Å². The fraction of sp³-hybridized carbons (Fsp3) is 0.318. The first-order chi connectivity index (χ1) is 14.5. The number of hydrogen-bond acceptors (Lipinski definition) is 5. The van der Waals surface area contributed by atoms with E-state index in [9.17, 15) is 13.5 Å². The van der Waals surface area contributed by atoms with Gasteiger partial charge in [-0.05, 0) is 43.0 Å². The lowest BCUT2D eigenvalue weighted by atomic mass is 10.2. The van der Waals surface area contributed by atoms with Crippen LogP contribution in [0.15, 0.2) is 70.6 Å². The Labute approximate surface area is 181 Å². The quantitative estimate of drug-likeness (QED) is 0.267. The molecular weight excluding hydrogens is 418 g/mol. The first-order valence-electron chi connectivity index (χ1n) is 9.96. The Balaban J connectivity index is 1.52. The monoisotopic (exact) mass is 445 g/mol. The molecule has 0 saturated carbocycles. The van der Waals surface area contributed by atoms with Crippen molar-refractivity contribution < 1.29 is 13.5 Å². The molecule has 2 aromatic carbocycles. The summed E-state index contributed by atoms with van der Waals surface area (Å²) >= 11 is 1.57. The zero-order chi connectivity index (χ0) is 21.4. The zero-order valence-electron chi connectivity index (χ0n) is 16.9. The average Bonchev–Trinajstić information content (AvgIpc) is 3.20. The fourth-order valence-corrected chi connectivity index (χ4v) is 5.36. The molecule has 6 nitrogen and oxygen atoms in total. The Morgan fingerprint density at radius 1 is 1.10 bits per heavy atom. The summed E-state index contributed by atoms with van der Waals surface area (Å²) in [5.74, 6) is 0.628. The van der Waals surface area contributed by atoms with E-state index in [2.05, 4.69) is 15.6 Å². The minimum Gasteiger partial charge on any atom is -0.386 e. The molecule has 8 heteroatoms. The summed E-state index contributed by atoms with van der Waals surface area (Å²) in [5.41, 5.74) is 0. The van der Waals surface area contributed by atoms with Gasteiger partial charge in [0, 0.05) is 22.7 Å². The van der Waals surface area contributed by atoms with Gasteiger partial charge in [-0.3, -0.25) is 4.99 Å². The van der Waals surface area contributed by atoms with Crippen LogP contribution in [-0.2, 0) is 9.84 Å². The number of guanidine groups is 1. The Hall–Kier alpha value is -2.42. The molecule has 0 spiro atoms. The van der Waals surface area contributed by atoms with Gasteiger partial charge < -0.3 is 15.7 Å². The summed E-state index contributed by atoms with van der Waals surface area (Å²) in [6, 6.07) is 18.5. The maximum atomic E-state index is 12.3. The molecule has 0 saturated heterocycles. The van der Waals surface area contributed by atoms with Crippen molar-refractivity contribution >= 4 is 37.2 Å². The summed E-state index contributed by atoms with van der Waals surface area (Å²) < 4.78 is 25.8. The number of fused-ring (bicyclic) bond motifs is 1. The van der Waals surface area contributed by atoms with Crippen molar-refractivity contribution in [2.75, 3.05) is 25.4 Å². The lowest BCUT2D eigenvalue weighted by Gasteiger charge is -2.12. The number of nitrogens with one attached hydrogen (secondary N) is 2. The van der Waals surface area contributed by atoms with Gasteiger partial charge in [-0.25, -0.2) is 8.42 Å². The summed E-state index contributed by atoms with van der Waals surface area (Å²) in [6.07, 6.45) is -0.225. The molecule has 1 heterocycles. The molecule has 3 aromatic rings. The number of rotatable bonds is 9. The van der Waals surface area contributed by atoms with Crippen LogP contribution in [0.4, 0.5) is 0 Å². The van der Waals surface area contributed by atoms with Crippen LogP contribution in [0.1, 0.15) is 24.3 Å². The van der Waals surface area contributed by atoms with E-state index >= 15 is 0 Å². The van der Waals surface area contributed by atoms with Gasteiger partial charge in [0.15, 0.2) is 15.8 Å². The van der Waals surface area contributed by atoms with Crippen molar-refractivity contribution in [3.63, 3.8) is 0 Å². The van der Waals surface area contributed by atoms with E-state index in [1.54, 1.807) is 41.7 Å². The number of sulfone groups is 1. The molecule has 30 heavy (non-hydrogen) atoms. The summed E-state index contributed by atoms with van der Waals surface area (Å²) in [5, 5.41) is 17.9. The van der Waals surface area contributed by atoms with E-state index in [0.717, 1.165) is 15.0 Å². The second kappa shape index (κ2) is 10.6. The van der Waals surface area contributed by atoms with Gasteiger partial charge >= 0.3 is 0 Å². The molecule has 0 fully saturated rings. The molecule has 0 bridgehead atoms. The van der Waals surface area contributed by atoms with Crippen molar-refractivity contribution in [2.45, 2.75) is 24.3 Å². The number of hydrogen-bond donors (Lipinski definition) is 3. The van der Waals surface area contributed by atoms with Crippen LogP contribution in [0.2, 0.25) is 0 Å². The number of nitrogens with zero attached hydrogens (tertiary/aromatic N) is 1. The second-order valence-electron chi connectivity index (χ2n) is 6.83. The molecule has 0 aliphatic rings. The number of aliphatic hydroxyl groups excluding tert-OH is 1. The van der Waals surface area contributed by atoms with Gasteiger partial charge in [-0.15, -0.1) is 11.3 Å². The third-order valence-corrected chi connectivity index (χ3v) is 7.56. The Bertz CT molecular complexity index is 1050. The maximum absolute atomic E-state index is 12.3. The molecule has 1 atom stereocenters. The molecule has 1 aromatic heterocycles. The third kappa shape index (κ3) is 6.04. The first-order valence-corrected chi connectivity index (χ1v) is 12.4. The highest BCUT2D eigenvalue weighted by Crippen LogP contribution is 2.29. The Kier molecular flexibility index (Phi) is 7.84. The van der Waals surface area contributed by atoms with Crippen LogP contribution in [0.5, 0.6) is 0 Å². The average molecular weight is 446 g/mol. The first kappa shape index (κ1) is 22.3. The van der Waals surface area contributed by atoms with Crippen molar-refractivity contribution in [1.29, 1.82) is 0 Å². The van der Waals surface area contributed by atoms with Crippen molar-refractivity contribution in [1.82, 2.24) is 10.6 Å². The highest BCUT2D eigenvalue weighted by atomic mass is 32.2. The van der Waals surface area contributed by atoms with Gasteiger partial charge in [0.2, 0.25) is 0 Å². The largest absolute Gasteiger partial charge is 0.386 e. The molecule has 1 unspecified atom stereocenters. The Morgan fingerprint density at radius 2 is 1.83 bits per heavy atom. The highest BCUT2D eigenvalue weighted by Gasteiger charge is 2.14. The standard InChI is InChI=1S/C22H27N3O3S2/c1-2-23-22(24-13-8-14-30(27,28)18-10-4-3-5-11-18)25-16-19(26)21-15-17-9-6-7-12-20(17)29-21/h3-7,9-12,15,19,26H,2,8,13-14,16H2,1H3,(H2,23,24,25). The Morgan fingerprint density at radius 3 is 2.57 bits per heavy atom. The van der Waals surface area contributed by atoms with E-state index in [1.807, 2.05) is 37.3 Å². The minimum atomic E-state index is -3.28. The normalized spacial score (nSPS) is 13.3. The number of aliphatic imine (C=N–C) groups is 1. The third-order valence-electron chi connectivity index (χ3n) is 4.52. The number of thiophene rings is 1. The number of aliphatic hydroxyl groups is 1. The predicted octanol–water partition coefficient (Wildman–Crippen LogP) is 3.35. The van der Waals surface area contributed by atoms with Crippen LogP contribution >= 0.6 is 11.3 Å². The van der Waals surface area contributed by atoms with Gasteiger partial charge in [-0.1, -0.05) is 36.4 Å². The molecule has 0 aliphatic carbocycles. The molecule has 0 radical (unpaired) electrons. The van der Waals surface area contributed by atoms with Crippen LogP contribution in [0.3, 0.4) is 0 Å². The molecule has 0 aliphatic heterocycles. The van der Waals surface area contributed by atoms with Crippen LogP contribution in [0.25, 0.3) is 10.1 Å². The van der Waals surface area contributed by atoms with E-state index in [-0.39, 0.29) is 12.3 Å². The molecular formula is C22H27N3O3S2. The van der Waals surface area contributed by atoms with Crippen LogP contribution < -0.4 is 10.6 Å². The zero-order valence-corrected chi connectivity index (χ0v) is 18.5. The smallest absolute Gasteiger partial charge is 0.191 e. The van der Waals surface area contributed by atoms with Crippen molar-refractivity contribution in [3.8, 4) is 0 Å². The van der Waals surface area contributed by atoms with E-state index < -0.39 is 15.9 Å². The summed E-state index contributed by atoms with van der Waals surface area (Å²) in [7, 11) is -3.28. The highest BCUT2D eigenvalue weighted by molar-refractivity contribution is 7.91. The lowest BCUT2D eigenvalue weighted by Crippen LogP contribution is -2.38. The van der Waals surface area contributed by atoms with Crippen molar-refractivity contribution in [2.24, 2.45) is 4.99 Å². The topological polar surface area (TPSA) is 90.8 Å². The van der Waals surface area contributed by atoms with E-state index in [0.29, 0.717) is 30.4 Å². The number of benzene rings is 2. The molecule has 3 rings (SSSR count). The van der Waals surface area contributed by atoms with Crippen molar-refractivity contribution in [3.05, 3.63) is 65.5 Å². The van der Waals surface area contributed by atoms with Gasteiger partial charge in [0.1, 0.15) is 6.10 Å². The van der Waals surface area contributed by atoms with Gasteiger partial charge in [-0.2, -0.15) is 0 Å². The second-order valence-corrected chi connectivity index (χ2v) is 10.1. The lowest BCUT2D eigenvalue weighted by molar-refractivity contribution is 0.191. The summed E-state index contributed by atoms with van der Waals surface area (Å²) in [6.45, 7) is 3.33. The summed E-state index contributed by atoms with van der Waals surface area (Å²) in [4.78, 5) is 5.68. The predicted molar refractivity (Wildman–Crippen MR) is 124 cm³/mol. The SMILES string of the molecule is CCNC(=NCC(O)c1cc2ccccc2s1)NCCCS(=O)(=O)c1ccccc1. The molecule has 0 amide bonds.